The van der Waals surface area contributed by atoms with E-state index < -0.39 is 0 Å². The minimum Gasteiger partial charge on any atom is -0.245 e. The zero-order chi connectivity index (χ0) is 16.2. The van der Waals surface area contributed by atoms with E-state index in [9.17, 15) is 9.65 Å². The molecule has 118 valence electrons. The van der Waals surface area contributed by atoms with Crippen LogP contribution in [-0.2, 0) is 25.0 Å². The standard InChI is InChI=1S/C19H19FN2S/c1-2-18-16-6-4-3-5-15(16)17(11-21)19(22-18)23-12-13-7-9-14(20)10-8-13/h7-10H,2-6,12H2,1H3. The molecule has 23 heavy (non-hydrogen) atoms. The maximum Gasteiger partial charge on any atom is 0.123 e. The average Bonchev–Trinajstić information content (AvgIpc) is 2.60. The molecule has 0 radical (unpaired) electrons. The molecule has 0 saturated heterocycles. The number of thioether (sulfide) groups is 1. The topological polar surface area (TPSA) is 36.7 Å². The SMILES string of the molecule is CCc1nc(SCc2ccc(F)cc2)c(C#N)c2c1CCCC2. The average molecular weight is 326 g/mol. The first-order chi connectivity index (χ1) is 11.2. The second-order valence-electron chi connectivity index (χ2n) is 5.78. The van der Waals surface area contributed by atoms with Gasteiger partial charge in [-0.05, 0) is 60.9 Å². The highest BCUT2D eigenvalue weighted by atomic mass is 32.2. The number of nitriles is 1. The monoisotopic (exact) mass is 326 g/mol. The number of rotatable bonds is 4. The molecule has 3 rings (SSSR count). The Hall–Kier alpha value is -1.86. The summed E-state index contributed by atoms with van der Waals surface area (Å²) in [4.78, 5) is 4.77. The van der Waals surface area contributed by atoms with Crippen LogP contribution < -0.4 is 0 Å². The number of aryl methyl sites for hydroxylation is 1. The molecule has 1 aliphatic carbocycles. The number of aromatic nitrogens is 1. The minimum atomic E-state index is -0.225. The van der Waals surface area contributed by atoms with Crippen LogP contribution in [0.1, 0.15) is 47.7 Å². The summed E-state index contributed by atoms with van der Waals surface area (Å²) in [5, 5.41) is 10.4. The van der Waals surface area contributed by atoms with Gasteiger partial charge in [0.2, 0.25) is 0 Å². The number of nitrogens with zero attached hydrogens (tertiary/aromatic N) is 2. The molecule has 1 heterocycles. The summed E-state index contributed by atoms with van der Waals surface area (Å²) in [6.45, 7) is 2.12. The van der Waals surface area contributed by atoms with Crippen molar-refractivity contribution < 1.29 is 4.39 Å². The maximum atomic E-state index is 13.0. The summed E-state index contributed by atoms with van der Waals surface area (Å²) < 4.78 is 13.0. The first kappa shape index (κ1) is 16.0. The molecule has 2 aromatic rings. The number of fused-ring (bicyclic) bond motifs is 1. The summed E-state index contributed by atoms with van der Waals surface area (Å²) >= 11 is 1.58. The first-order valence-corrected chi connectivity index (χ1v) is 9.03. The van der Waals surface area contributed by atoms with Crippen LogP contribution in [0.4, 0.5) is 4.39 Å². The predicted octanol–water partition coefficient (Wildman–Crippen LogP) is 4.83. The Morgan fingerprint density at radius 2 is 1.87 bits per heavy atom. The van der Waals surface area contributed by atoms with E-state index in [1.54, 1.807) is 23.9 Å². The fraction of sp³-hybridized carbons (Fsp3) is 0.368. The van der Waals surface area contributed by atoms with Gasteiger partial charge in [-0.25, -0.2) is 9.37 Å². The molecule has 1 aromatic carbocycles. The maximum absolute atomic E-state index is 13.0. The van der Waals surface area contributed by atoms with Gasteiger partial charge in [-0.15, -0.1) is 11.8 Å². The molecule has 2 nitrogen and oxygen atoms in total. The summed E-state index contributed by atoms with van der Waals surface area (Å²) in [5.41, 5.74) is 5.45. The molecule has 1 aliphatic rings. The Morgan fingerprint density at radius 3 is 2.52 bits per heavy atom. The quantitative estimate of drug-likeness (QED) is 0.755. The Bertz CT molecular complexity index is 747. The molecule has 0 fully saturated rings. The van der Waals surface area contributed by atoms with Crippen LogP contribution in [0.25, 0.3) is 0 Å². The molecule has 0 atom stereocenters. The van der Waals surface area contributed by atoms with Gasteiger partial charge in [-0.3, -0.25) is 0 Å². The third-order valence-electron chi connectivity index (χ3n) is 4.30. The van der Waals surface area contributed by atoms with Gasteiger partial charge < -0.3 is 0 Å². The summed E-state index contributed by atoms with van der Waals surface area (Å²) in [6, 6.07) is 8.89. The molecular weight excluding hydrogens is 307 g/mol. The highest BCUT2D eigenvalue weighted by Crippen LogP contribution is 2.33. The zero-order valence-electron chi connectivity index (χ0n) is 13.2. The molecule has 1 aromatic heterocycles. The van der Waals surface area contributed by atoms with Crippen LogP contribution in [0.3, 0.4) is 0 Å². The summed E-state index contributed by atoms with van der Waals surface area (Å²) in [7, 11) is 0. The van der Waals surface area contributed by atoms with E-state index in [-0.39, 0.29) is 5.82 Å². The number of pyridine rings is 1. The smallest absolute Gasteiger partial charge is 0.123 e. The van der Waals surface area contributed by atoms with E-state index in [1.807, 2.05) is 0 Å². The van der Waals surface area contributed by atoms with Crippen molar-refractivity contribution in [2.75, 3.05) is 0 Å². The van der Waals surface area contributed by atoms with Crippen LogP contribution in [-0.4, -0.2) is 4.98 Å². The van der Waals surface area contributed by atoms with E-state index >= 15 is 0 Å². The lowest BCUT2D eigenvalue weighted by atomic mass is 9.87. The first-order valence-electron chi connectivity index (χ1n) is 8.05. The summed E-state index contributed by atoms with van der Waals surface area (Å²) in [5.74, 6) is 0.473. The van der Waals surface area contributed by atoms with E-state index in [0.717, 1.165) is 47.5 Å². The third-order valence-corrected chi connectivity index (χ3v) is 5.35. The second-order valence-corrected chi connectivity index (χ2v) is 6.75. The summed E-state index contributed by atoms with van der Waals surface area (Å²) in [6.07, 6.45) is 5.27. The third kappa shape index (κ3) is 3.40. The second kappa shape index (κ2) is 7.14. The van der Waals surface area contributed by atoms with Crippen LogP contribution in [0.2, 0.25) is 0 Å². The Morgan fingerprint density at radius 1 is 1.17 bits per heavy atom. The van der Waals surface area contributed by atoms with E-state index in [0.29, 0.717) is 5.75 Å². The normalized spacial score (nSPS) is 13.4. The highest BCUT2D eigenvalue weighted by Gasteiger charge is 2.21. The van der Waals surface area contributed by atoms with E-state index in [1.165, 1.54) is 29.7 Å². The van der Waals surface area contributed by atoms with Gasteiger partial charge in [0, 0.05) is 11.4 Å². The Kier molecular flexibility index (Phi) is 4.97. The van der Waals surface area contributed by atoms with Gasteiger partial charge >= 0.3 is 0 Å². The molecule has 0 saturated carbocycles. The van der Waals surface area contributed by atoms with Gasteiger partial charge in [0.15, 0.2) is 0 Å². The molecule has 0 bridgehead atoms. The van der Waals surface area contributed by atoms with Crippen LogP contribution in [0.15, 0.2) is 29.3 Å². The molecule has 0 spiro atoms. The van der Waals surface area contributed by atoms with Crippen LogP contribution in [0, 0.1) is 17.1 Å². The van der Waals surface area contributed by atoms with Crippen molar-refractivity contribution in [1.82, 2.24) is 4.98 Å². The molecule has 0 unspecified atom stereocenters. The van der Waals surface area contributed by atoms with Crippen molar-refractivity contribution >= 4 is 11.8 Å². The minimum absolute atomic E-state index is 0.225. The van der Waals surface area contributed by atoms with Crippen molar-refractivity contribution in [2.24, 2.45) is 0 Å². The zero-order valence-corrected chi connectivity index (χ0v) is 14.0. The fourth-order valence-electron chi connectivity index (χ4n) is 3.12. The number of halogens is 1. The van der Waals surface area contributed by atoms with E-state index in [2.05, 4.69) is 13.0 Å². The lowest BCUT2D eigenvalue weighted by molar-refractivity contribution is 0.627. The molecule has 0 amide bonds. The van der Waals surface area contributed by atoms with Crippen LogP contribution in [0.5, 0.6) is 0 Å². The van der Waals surface area contributed by atoms with E-state index in [4.69, 9.17) is 4.98 Å². The highest BCUT2D eigenvalue weighted by molar-refractivity contribution is 7.98. The Labute approximate surface area is 140 Å². The lowest BCUT2D eigenvalue weighted by Gasteiger charge is -2.21. The largest absolute Gasteiger partial charge is 0.245 e. The number of hydrogen-bond donors (Lipinski definition) is 0. The van der Waals surface area contributed by atoms with Crippen molar-refractivity contribution in [3.05, 3.63) is 58.0 Å². The van der Waals surface area contributed by atoms with Crippen molar-refractivity contribution in [1.29, 1.82) is 5.26 Å². The van der Waals surface area contributed by atoms with Gasteiger partial charge in [0.1, 0.15) is 16.9 Å². The predicted molar refractivity (Wildman–Crippen MR) is 90.9 cm³/mol. The van der Waals surface area contributed by atoms with Crippen molar-refractivity contribution in [3.8, 4) is 6.07 Å². The van der Waals surface area contributed by atoms with Crippen molar-refractivity contribution in [3.63, 3.8) is 0 Å². The number of hydrogen-bond acceptors (Lipinski definition) is 3. The van der Waals surface area contributed by atoms with Gasteiger partial charge in [-0.2, -0.15) is 5.26 Å². The van der Waals surface area contributed by atoms with Crippen LogP contribution >= 0.6 is 11.8 Å². The lowest BCUT2D eigenvalue weighted by Crippen LogP contribution is -2.12. The molecule has 0 N–H and O–H groups in total. The number of benzene rings is 1. The Balaban J connectivity index is 1.92. The van der Waals surface area contributed by atoms with Gasteiger partial charge in [0.25, 0.3) is 0 Å². The molecule has 0 aliphatic heterocycles. The molecule has 4 heteroatoms. The van der Waals surface area contributed by atoms with Gasteiger partial charge in [-0.1, -0.05) is 19.1 Å². The van der Waals surface area contributed by atoms with Crippen molar-refractivity contribution in [2.45, 2.75) is 49.8 Å². The fourth-order valence-corrected chi connectivity index (χ4v) is 4.10. The molecular formula is C19H19FN2S. The van der Waals surface area contributed by atoms with Gasteiger partial charge in [0.05, 0.1) is 5.56 Å².